The van der Waals surface area contributed by atoms with Gasteiger partial charge < -0.3 is 9.84 Å². The average molecular weight is 284 g/mol. The van der Waals surface area contributed by atoms with Crippen molar-refractivity contribution in [1.29, 1.82) is 0 Å². The quantitative estimate of drug-likeness (QED) is 0.576. The fourth-order valence-electron chi connectivity index (χ4n) is 2.18. The molecule has 2 aromatic rings. The Bertz CT molecular complexity index is 611. The molecule has 0 aliphatic carbocycles. The predicted molar refractivity (Wildman–Crippen MR) is 84.7 cm³/mol. The Morgan fingerprint density at radius 1 is 1.05 bits per heavy atom. The van der Waals surface area contributed by atoms with E-state index in [-0.39, 0.29) is 6.42 Å². The largest absolute Gasteiger partial charge is 0.489 e. The standard InChI is InChI=1S/C18H20O3/c19-18(20)13-4-2-1-3-7-14-21-17-12-8-10-15-9-5-6-11-16(15)17/h3,5-12H,1-2,4,13-14H2,(H,19,20). The third-order valence-corrected chi connectivity index (χ3v) is 3.26. The van der Waals surface area contributed by atoms with Crippen LogP contribution in [0.5, 0.6) is 5.75 Å². The normalized spacial score (nSPS) is 11.0. The Morgan fingerprint density at radius 2 is 1.86 bits per heavy atom. The summed E-state index contributed by atoms with van der Waals surface area (Å²) < 4.78 is 5.78. The van der Waals surface area contributed by atoms with Gasteiger partial charge in [-0.15, -0.1) is 0 Å². The number of carbonyl (C=O) groups is 1. The van der Waals surface area contributed by atoms with Crippen LogP contribution >= 0.6 is 0 Å². The molecule has 3 nitrogen and oxygen atoms in total. The number of allylic oxidation sites excluding steroid dienone is 1. The maximum Gasteiger partial charge on any atom is 0.303 e. The van der Waals surface area contributed by atoms with Gasteiger partial charge in [-0.3, -0.25) is 4.79 Å². The second-order valence-electron chi connectivity index (χ2n) is 4.90. The highest BCUT2D eigenvalue weighted by atomic mass is 16.5. The highest BCUT2D eigenvalue weighted by molar-refractivity contribution is 5.88. The molecule has 0 aliphatic rings. The lowest BCUT2D eigenvalue weighted by atomic mass is 10.1. The number of rotatable bonds is 8. The Balaban J connectivity index is 1.76. The molecule has 2 rings (SSSR count). The monoisotopic (exact) mass is 284 g/mol. The van der Waals surface area contributed by atoms with Crippen molar-refractivity contribution in [2.45, 2.75) is 25.7 Å². The molecule has 0 heterocycles. The Morgan fingerprint density at radius 3 is 2.71 bits per heavy atom. The SMILES string of the molecule is O=C(O)CCCCC=CCOc1cccc2ccccc12. The zero-order valence-electron chi connectivity index (χ0n) is 12.0. The zero-order valence-corrected chi connectivity index (χ0v) is 12.0. The maximum atomic E-state index is 10.4. The van der Waals surface area contributed by atoms with Crippen molar-refractivity contribution in [3.8, 4) is 5.75 Å². The number of carboxylic acids is 1. The minimum Gasteiger partial charge on any atom is -0.489 e. The van der Waals surface area contributed by atoms with Crippen LogP contribution in [0.15, 0.2) is 54.6 Å². The molecule has 2 aromatic carbocycles. The molecule has 0 aliphatic heterocycles. The summed E-state index contributed by atoms with van der Waals surface area (Å²) in [5, 5.41) is 10.8. The summed E-state index contributed by atoms with van der Waals surface area (Å²) in [6.07, 6.45) is 6.81. The summed E-state index contributed by atoms with van der Waals surface area (Å²) in [7, 11) is 0. The van der Waals surface area contributed by atoms with Crippen LogP contribution in [-0.2, 0) is 4.79 Å². The van der Waals surface area contributed by atoms with E-state index in [2.05, 4.69) is 18.2 Å². The summed E-state index contributed by atoms with van der Waals surface area (Å²) in [6.45, 7) is 0.535. The Kier molecular flexibility index (Phi) is 5.83. The van der Waals surface area contributed by atoms with Crippen LogP contribution in [-0.4, -0.2) is 17.7 Å². The minimum atomic E-state index is -0.724. The molecule has 0 spiro atoms. The number of benzene rings is 2. The van der Waals surface area contributed by atoms with Gasteiger partial charge in [-0.2, -0.15) is 0 Å². The van der Waals surface area contributed by atoms with E-state index < -0.39 is 5.97 Å². The first-order valence-corrected chi connectivity index (χ1v) is 7.25. The molecule has 0 aromatic heterocycles. The van der Waals surface area contributed by atoms with Gasteiger partial charge >= 0.3 is 5.97 Å². The molecular weight excluding hydrogens is 264 g/mol. The highest BCUT2D eigenvalue weighted by Gasteiger charge is 1.99. The molecule has 3 heteroatoms. The van der Waals surface area contributed by atoms with Gasteiger partial charge in [0.05, 0.1) is 0 Å². The number of hydrogen-bond donors (Lipinski definition) is 1. The van der Waals surface area contributed by atoms with Crippen LogP contribution in [0.4, 0.5) is 0 Å². The first kappa shape index (κ1) is 15.1. The van der Waals surface area contributed by atoms with Crippen LogP contribution in [0.25, 0.3) is 10.8 Å². The van der Waals surface area contributed by atoms with E-state index in [1.54, 1.807) is 0 Å². The molecule has 0 fully saturated rings. The summed E-state index contributed by atoms with van der Waals surface area (Å²) in [5.41, 5.74) is 0. The fraction of sp³-hybridized carbons (Fsp3) is 0.278. The molecular formula is C18H20O3. The molecule has 0 radical (unpaired) electrons. The van der Waals surface area contributed by atoms with Gasteiger partial charge in [0.25, 0.3) is 0 Å². The third-order valence-electron chi connectivity index (χ3n) is 3.26. The van der Waals surface area contributed by atoms with Crippen LogP contribution in [0.1, 0.15) is 25.7 Å². The van der Waals surface area contributed by atoms with E-state index >= 15 is 0 Å². The molecule has 0 bridgehead atoms. The van der Waals surface area contributed by atoms with E-state index in [0.717, 1.165) is 30.4 Å². The van der Waals surface area contributed by atoms with Crippen LogP contribution in [0, 0.1) is 0 Å². The molecule has 21 heavy (non-hydrogen) atoms. The van der Waals surface area contributed by atoms with E-state index in [1.807, 2.05) is 36.4 Å². The van der Waals surface area contributed by atoms with Gasteiger partial charge in [0.15, 0.2) is 0 Å². The maximum absolute atomic E-state index is 10.4. The predicted octanol–water partition coefficient (Wildman–Crippen LogP) is 4.42. The van der Waals surface area contributed by atoms with Crippen molar-refractivity contribution in [3.05, 3.63) is 54.6 Å². The third kappa shape index (κ3) is 4.95. The molecule has 0 atom stereocenters. The zero-order chi connectivity index (χ0) is 14.9. The van der Waals surface area contributed by atoms with E-state index in [1.165, 1.54) is 5.39 Å². The van der Waals surface area contributed by atoms with Crippen molar-refractivity contribution < 1.29 is 14.6 Å². The molecule has 0 unspecified atom stereocenters. The summed E-state index contributed by atoms with van der Waals surface area (Å²) in [4.78, 5) is 10.4. The summed E-state index contributed by atoms with van der Waals surface area (Å²) in [6, 6.07) is 14.2. The molecule has 1 N–H and O–H groups in total. The van der Waals surface area contributed by atoms with Crippen molar-refractivity contribution in [2.75, 3.05) is 6.61 Å². The topological polar surface area (TPSA) is 46.5 Å². The van der Waals surface area contributed by atoms with Gasteiger partial charge in [0.1, 0.15) is 12.4 Å². The highest BCUT2D eigenvalue weighted by Crippen LogP contribution is 2.24. The number of ether oxygens (including phenoxy) is 1. The molecule has 0 amide bonds. The number of aliphatic carboxylic acids is 1. The van der Waals surface area contributed by atoms with Crippen molar-refractivity contribution in [3.63, 3.8) is 0 Å². The van der Waals surface area contributed by atoms with Crippen LogP contribution in [0.2, 0.25) is 0 Å². The number of fused-ring (bicyclic) bond motifs is 1. The van der Waals surface area contributed by atoms with Crippen LogP contribution < -0.4 is 4.74 Å². The van der Waals surface area contributed by atoms with Crippen molar-refractivity contribution in [1.82, 2.24) is 0 Å². The second kappa shape index (κ2) is 8.10. The summed E-state index contributed by atoms with van der Waals surface area (Å²) >= 11 is 0. The Hall–Kier alpha value is -2.29. The minimum absolute atomic E-state index is 0.250. The number of hydrogen-bond acceptors (Lipinski definition) is 2. The van der Waals surface area contributed by atoms with Crippen LogP contribution in [0.3, 0.4) is 0 Å². The summed E-state index contributed by atoms with van der Waals surface area (Å²) in [5.74, 6) is 0.168. The van der Waals surface area contributed by atoms with Gasteiger partial charge in [-0.25, -0.2) is 0 Å². The van der Waals surface area contributed by atoms with Crippen molar-refractivity contribution >= 4 is 16.7 Å². The fourth-order valence-corrected chi connectivity index (χ4v) is 2.18. The van der Waals surface area contributed by atoms with Gasteiger partial charge in [-0.05, 0) is 30.7 Å². The lowest BCUT2D eigenvalue weighted by Crippen LogP contribution is -1.94. The molecule has 110 valence electrons. The smallest absolute Gasteiger partial charge is 0.303 e. The lowest BCUT2D eigenvalue weighted by molar-refractivity contribution is -0.137. The molecule has 0 saturated heterocycles. The van der Waals surface area contributed by atoms with E-state index in [9.17, 15) is 4.79 Å². The number of carboxylic acid groups (broad SMARTS) is 1. The van der Waals surface area contributed by atoms with Crippen molar-refractivity contribution in [2.24, 2.45) is 0 Å². The van der Waals surface area contributed by atoms with Gasteiger partial charge in [0, 0.05) is 11.8 Å². The van der Waals surface area contributed by atoms with Gasteiger partial charge in [0.2, 0.25) is 0 Å². The molecule has 0 saturated carbocycles. The van der Waals surface area contributed by atoms with E-state index in [4.69, 9.17) is 9.84 Å². The second-order valence-corrected chi connectivity index (χ2v) is 4.90. The first-order valence-electron chi connectivity index (χ1n) is 7.25. The first-order chi connectivity index (χ1) is 10.3. The number of unbranched alkanes of at least 4 members (excludes halogenated alkanes) is 2. The Labute approximate surface area is 124 Å². The lowest BCUT2D eigenvalue weighted by Gasteiger charge is -2.07. The van der Waals surface area contributed by atoms with Gasteiger partial charge in [-0.1, -0.05) is 48.6 Å². The average Bonchev–Trinajstić information content (AvgIpc) is 2.50. The van der Waals surface area contributed by atoms with E-state index in [0.29, 0.717) is 6.61 Å².